The molecular formula is C22H24N2O6S. The third-order valence-corrected chi connectivity index (χ3v) is 6.33. The Morgan fingerprint density at radius 2 is 1.81 bits per heavy atom. The fourth-order valence-electron chi connectivity index (χ4n) is 3.67. The van der Waals surface area contributed by atoms with E-state index < -0.39 is 18.0 Å². The number of hydrogen-bond donors (Lipinski definition) is 2. The Balaban J connectivity index is 1.46. The largest absolute Gasteiger partial charge is 0.486 e. The first-order chi connectivity index (χ1) is 14.9. The molecule has 2 heterocycles. The highest BCUT2D eigenvalue weighted by molar-refractivity contribution is 7.17. The highest BCUT2D eigenvalue weighted by Crippen LogP contribution is 2.39. The second kappa shape index (κ2) is 8.97. The fourth-order valence-corrected chi connectivity index (χ4v) is 4.99. The number of carbonyl (C=O) groups is 3. The molecule has 2 aliphatic rings. The Morgan fingerprint density at radius 1 is 1.06 bits per heavy atom. The molecule has 4 rings (SSSR count). The summed E-state index contributed by atoms with van der Waals surface area (Å²) < 4.78 is 16.5. The van der Waals surface area contributed by atoms with Gasteiger partial charge in [-0.05, 0) is 50.3 Å². The van der Waals surface area contributed by atoms with Crippen molar-refractivity contribution in [3.05, 3.63) is 34.2 Å². The molecule has 1 aromatic heterocycles. The number of nitrogens with one attached hydrogen (secondary N) is 2. The lowest BCUT2D eigenvalue weighted by Crippen LogP contribution is -2.30. The quantitative estimate of drug-likeness (QED) is 0.684. The van der Waals surface area contributed by atoms with Crippen molar-refractivity contribution in [3.63, 3.8) is 0 Å². The molecule has 9 heteroatoms. The Morgan fingerprint density at radius 3 is 2.58 bits per heavy atom. The van der Waals surface area contributed by atoms with Gasteiger partial charge in [-0.15, -0.1) is 11.3 Å². The molecule has 0 spiro atoms. The van der Waals surface area contributed by atoms with E-state index in [1.54, 1.807) is 18.2 Å². The average Bonchev–Trinajstić information content (AvgIpc) is 3.10. The summed E-state index contributed by atoms with van der Waals surface area (Å²) in [7, 11) is 0. The van der Waals surface area contributed by atoms with Crippen LogP contribution in [0.4, 0.5) is 10.7 Å². The van der Waals surface area contributed by atoms with Gasteiger partial charge in [-0.25, -0.2) is 4.79 Å². The van der Waals surface area contributed by atoms with E-state index in [2.05, 4.69) is 10.6 Å². The maximum Gasteiger partial charge on any atom is 0.342 e. The van der Waals surface area contributed by atoms with Gasteiger partial charge in [0.2, 0.25) is 5.91 Å². The Labute approximate surface area is 183 Å². The predicted molar refractivity (Wildman–Crippen MR) is 116 cm³/mol. The van der Waals surface area contributed by atoms with Gasteiger partial charge in [-0.3, -0.25) is 9.59 Å². The van der Waals surface area contributed by atoms with Crippen molar-refractivity contribution >= 4 is 39.8 Å². The minimum atomic E-state index is -1.02. The lowest BCUT2D eigenvalue weighted by atomic mass is 9.95. The zero-order chi connectivity index (χ0) is 22.0. The Hall–Kier alpha value is -3.07. The molecule has 0 saturated carbocycles. The number of anilines is 2. The number of aryl methyl sites for hydroxylation is 1. The third-order valence-electron chi connectivity index (χ3n) is 5.13. The van der Waals surface area contributed by atoms with Gasteiger partial charge in [0.25, 0.3) is 5.91 Å². The zero-order valence-electron chi connectivity index (χ0n) is 17.4. The van der Waals surface area contributed by atoms with Crippen molar-refractivity contribution < 1.29 is 28.6 Å². The molecule has 0 saturated heterocycles. The van der Waals surface area contributed by atoms with Crippen LogP contribution in [0, 0.1) is 0 Å². The van der Waals surface area contributed by atoms with E-state index in [9.17, 15) is 14.4 Å². The summed E-state index contributed by atoms with van der Waals surface area (Å²) in [6, 6.07) is 5.09. The van der Waals surface area contributed by atoms with Crippen molar-refractivity contribution in [1.29, 1.82) is 0 Å². The summed E-state index contributed by atoms with van der Waals surface area (Å²) >= 11 is 1.41. The fraction of sp³-hybridized carbons (Fsp3) is 0.409. The number of carbonyl (C=O) groups excluding carboxylic acids is 3. The smallest absolute Gasteiger partial charge is 0.342 e. The zero-order valence-corrected chi connectivity index (χ0v) is 18.2. The number of rotatable bonds is 5. The van der Waals surface area contributed by atoms with E-state index in [0.717, 1.165) is 36.1 Å². The van der Waals surface area contributed by atoms with Gasteiger partial charge < -0.3 is 24.8 Å². The van der Waals surface area contributed by atoms with Gasteiger partial charge in [0, 0.05) is 23.6 Å². The molecule has 1 aliphatic heterocycles. The first-order valence-corrected chi connectivity index (χ1v) is 11.1. The van der Waals surface area contributed by atoms with Crippen LogP contribution in [0.1, 0.15) is 47.5 Å². The summed E-state index contributed by atoms with van der Waals surface area (Å²) in [6.07, 6.45) is 2.64. The van der Waals surface area contributed by atoms with Crippen LogP contribution in [0.2, 0.25) is 0 Å². The van der Waals surface area contributed by atoms with E-state index in [4.69, 9.17) is 14.2 Å². The highest BCUT2D eigenvalue weighted by Gasteiger charge is 2.29. The molecule has 31 heavy (non-hydrogen) atoms. The van der Waals surface area contributed by atoms with E-state index in [0.29, 0.717) is 41.0 Å². The van der Waals surface area contributed by atoms with Crippen LogP contribution in [0.3, 0.4) is 0 Å². The minimum absolute atomic E-state index is 0.253. The van der Waals surface area contributed by atoms with E-state index in [1.165, 1.54) is 25.2 Å². The molecule has 2 N–H and O–H groups in total. The number of ether oxygens (including phenoxy) is 3. The highest BCUT2D eigenvalue weighted by atomic mass is 32.1. The molecule has 2 aromatic rings. The number of thiophene rings is 1. The summed E-state index contributed by atoms with van der Waals surface area (Å²) in [6.45, 7) is 3.85. The van der Waals surface area contributed by atoms with Gasteiger partial charge in [0.15, 0.2) is 17.6 Å². The van der Waals surface area contributed by atoms with Gasteiger partial charge in [-0.2, -0.15) is 0 Å². The molecular weight excluding hydrogens is 420 g/mol. The molecule has 0 radical (unpaired) electrons. The monoisotopic (exact) mass is 444 g/mol. The van der Waals surface area contributed by atoms with Crippen LogP contribution >= 0.6 is 11.3 Å². The predicted octanol–water partition coefficient (Wildman–Crippen LogP) is 3.54. The van der Waals surface area contributed by atoms with Crippen molar-refractivity contribution in [2.45, 2.75) is 45.6 Å². The first kappa shape index (κ1) is 21.2. The molecule has 1 unspecified atom stereocenters. The van der Waals surface area contributed by atoms with Crippen molar-refractivity contribution in [3.8, 4) is 11.5 Å². The number of fused-ring (bicyclic) bond motifs is 2. The van der Waals surface area contributed by atoms with Crippen LogP contribution in [0.15, 0.2) is 18.2 Å². The van der Waals surface area contributed by atoms with Crippen LogP contribution in [0.25, 0.3) is 0 Å². The van der Waals surface area contributed by atoms with Gasteiger partial charge in [0.05, 0.1) is 5.56 Å². The summed E-state index contributed by atoms with van der Waals surface area (Å²) in [4.78, 5) is 38.3. The number of esters is 1. The first-order valence-electron chi connectivity index (χ1n) is 10.3. The summed E-state index contributed by atoms with van der Waals surface area (Å²) in [5.41, 5.74) is 1.81. The Bertz CT molecular complexity index is 1030. The normalized spacial score (nSPS) is 15.4. The molecule has 1 atom stereocenters. The maximum atomic E-state index is 13.0. The van der Waals surface area contributed by atoms with Crippen LogP contribution in [-0.4, -0.2) is 37.1 Å². The molecule has 2 amide bonds. The number of benzene rings is 1. The maximum absolute atomic E-state index is 13.0. The van der Waals surface area contributed by atoms with Crippen LogP contribution in [0.5, 0.6) is 11.5 Å². The van der Waals surface area contributed by atoms with Gasteiger partial charge >= 0.3 is 5.97 Å². The average molecular weight is 445 g/mol. The lowest BCUT2D eigenvalue weighted by molar-refractivity contribution is -0.123. The molecule has 164 valence electrons. The molecule has 1 aromatic carbocycles. The van der Waals surface area contributed by atoms with Crippen LogP contribution < -0.4 is 20.1 Å². The van der Waals surface area contributed by atoms with E-state index >= 15 is 0 Å². The SMILES string of the molecule is CC(=O)Nc1sc2c(c1C(=O)OC(C)C(=O)Nc1ccc3c(c1)OCCO3)CCCC2. The minimum Gasteiger partial charge on any atom is -0.486 e. The summed E-state index contributed by atoms with van der Waals surface area (Å²) in [5.74, 6) is -0.143. The topological polar surface area (TPSA) is 103 Å². The second-order valence-corrected chi connectivity index (χ2v) is 8.60. The molecule has 0 bridgehead atoms. The van der Waals surface area contributed by atoms with Gasteiger partial charge in [-0.1, -0.05) is 0 Å². The molecule has 0 fully saturated rings. The van der Waals surface area contributed by atoms with Gasteiger partial charge in [0.1, 0.15) is 18.2 Å². The standard InChI is InChI=1S/C22H24N2O6S/c1-12(20(26)24-14-7-8-16-17(11-14)29-10-9-28-16)30-22(27)19-15-5-3-4-6-18(15)31-21(19)23-13(2)25/h7-8,11-12H,3-6,9-10H2,1-2H3,(H,23,25)(H,24,26). The second-order valence-electron chi connectivity index (χ2n) is 7.49. The van der Waals surface area contributed by atoms with Crippen molar-refractivity contribution in [1.82, 2.24) is 0 Å². The lowest BCUT2D eigenvalue weighted by Gasteiger charge is -2.20. The molecule has 8 nitrogen and oxygen atoms in total. The van der Waals surface area contributed by atoms with Crippen molar-refractivity contribution in [2.24, 2.45) is 0 Å². The number of hydrogen-bond acceptors (Lipinski definition) is 7. The van der Waals surface area contributed by atoms with Crippen LogP contribution in [-0.2, 0) is 27.2 Å². The number of amides is 2. The summed E-state index contributed by atoms with van der Waals surface area (Å²) in [5, 5.41) is 5.96. The van der Waals surface area contributed by atoms with E-state index in [-0.39, 0.29) is 5.91 Å². The molecule has 1 aliphatic carbocycles. The Kier molecular flexibility index (Phi) is 6.13. The third kappa shape index (κ3) is 4.66. The van der Waals surface area contributed by atoms with E-state index in [1.807, 2.05) is 0 Å². The van der Waals surface area contributed by atoms with Crippen molar-refractivity contribution in [2.75, 3.05) is 23.8 Å².